The maximum Gasteiger partial charge on any atom is 0.372 e. The van der Waals surface area contributed by atoms with Crippen LogP contribution in [0.25, 0.3) is 5.65 Å². The van der Waals surface area contributed by atoms with Gasteiger partial charge in [0.2, 0.25) is 5.82 Å². The van der Waals surface area contributed by atoms with E-state index < -0.39 is 5.97 Å². The fourth-order valence-electron chi connectivity index (χ4n) is 1.02. The van der Waals surface area contributed by atoms with Gasteiger partial charge in [-0.2, -0.15) is 0 Å². The summed E-state index contributed by atoms with van der Waals surface area (Å²) in [4.78, 5) is 18.2. The Bertz CT molecular complexity index is 480. The van der Waals surface area contributed by atoms with E-state index in [0.717, 1.165) is 0 Å². The molecule has 0 unspecified atom stereocenters. The molecule has 2 aromatic heterocycles. The van der Waals surface area contributed by atoms with E-state index >= 15 is 0 Å². The molecule has 0 amide bonds. The number of nitrogens with zero attached hydrogens (tertiary/aromatic N) is 3. The molecular formula is C7H4ClN3O2. The zero-order chi connectivity index (χ0) is 9.42. The lowest BCUT2D eigenvalue weighted by molar-refractivity contribution is 0.0683. The summed E-state index contributed by atoms with van der Waals surface area (Å²) >= 11 is 5.65. The average Bonchev–Trinajstić information content (AvgIpc) is 2.46. The summed E-state index contributed by atoms with van der Waals surface area (Å²) in [6.07, 6.45) is 4.27. The van der Waals surface area contributed by atoms with Crippen molar-refractivity contribution in [2.45, 2.75) is 0 Å². The van der Waals surface area contributed by atoms with Crippen molar-refractivity contribution in [2.75, 3.05) is 0 Å². The number of aromatic nitrogens is 3. The fraction of sp³-hybridized carbons (Fsp3) is 0. The topological polar surface area (TPSA) is 67.5 Å². The molecule has 6 heteroatoms. The van der Waals surface area contributed by atoms with Gasteiger partial charge in [0.1, 0.15) is 0 Å². The van der Waals surface area contributed by atoms with Gasteiger partial charge in [-0.05, 0) is 0 Å². The Labute approximate surface area is 77.6 Å². The molecule has 0 saturated heterocycles. The second-order valence-electron chi connectivity index (χ2n) is 2.39. The maximum absolute atomic E-state index is 10.6. The molecule has 66 valence electrons. The molecule has 0 aliphatic rings. The number of carboxylic acids is 1. The van der Waals surface area contributed by atoms with E-state index in [4.69, 9.17) is 16.7 Å². The van der Waals surface area contributed by atoms with Gasteiger partial charge in [-0.15, -0.1) is 0 Å². The average molecular weight is 198 g/mol. The van der Waals surface area contributed by atoms with Crippen LogP contribution in [0.2, 0.25) is 5.02 Å². The van der Waals surface area contributed by atoms with Crippen LogP contribution in [0.3, 0.4) is 0 Å². The Balaban J connectivity index is 2.79. The molecule has 0 aromatic carbocycles. The van der Waals surface area contributed by atoms with E-state index in [2.05, 4.69) is 9.97 Å². The smallest absolute Gasteiger partial charge is 0.372 e. The standard InChI is InChI=1S/C7H4ClN3O2/c8-4-1-9-5-2-10-6(7(12)13)11(5)3-4/h1-3H,(H,12,13). The lowest BCUT2D eigenvalue weighted by Crippen LogP contribution is -2.03. The van der Waals surface area contributed by atoms with E-state index in [0.29, 0.717) is 10.7 Å². The molecule has 0 saturated carbocycles. The predicted molar refractivity (Wildman–Crippen MR) is 45.0 cm³/mol. The van der Waals surface area contributed by atoms with E-state index in [1.807, 2.05) is 0 Å². The molecule has 0 fully saturated rings. The van der Waals surface area contributed by atoms with Crippen LogP contribution in [0.15, 0.2) is 18.6 Å². The van der Waals surface area contributed by atoms with Gasteiger partial charge in [-0.1, -0.05) is 11.6 Å². The molecule has 0 atom stereocenters. The van der Waals surface area contributed by atoms with Gasteiger partial charge in [0, 0.05) is 12.4 Å². The van der Waals surface area contributed by atoms with Crippen LogP contribution in [0, 0.1) is 0 Å². The molecule has 2 aromatic rings. The molecule has 5 nitrogen and oxygen atoms in total. The van der Waals surface area contributed by atoms with Crippen molar-refractivity contribution in [3.05, 3.63) is 29.4 Å². The van der Waals surface area contributed by atoms with Crippen LogP contribution in [0.5, 0.6) is 0 Å². The molecule has 2 heterocycles. The highest BCUT2D eigenvalue weighted by Crippen LogP contribution is 2.09. The second kappa shape index (κ2) is 2.70. The Kier molecular flexibility index (Phi) is 1.66. The van der Waals surface area contributed by atoms with Crippen molar-refractivity contribution in [1.29, 1.82) is 0 Å². The summed E-state index contributed by atoms with van der Waals surface area (Å²) in [5.74, 6) is -1.20. The first-order valence-electron chi connectivity index (χ1n) is 3.40. The number of carboxylic acid groups (broad SMARTS) is 1. The van der Waals surface area contributed by atoms with E-state index in [1.54, 1.807) is 0 Å². The number of carbonyl (C=O) groups is 1. The summed E-state index contributed by atoms with van der Waals surface area (Å²) in [5, 5.41) is 9.08. The van der Waals surface area contributed by atoms with Gasteiger partial charge in [0.05, 0.1) is 11.2 Å². The third-order valence-electron chi connectivity index (χ3n) is 1.54. The first-order valence-corrected chi connectivity index (χ1v) is 3.78. The Hall–Kier alpha value is -1.62. The van der Waals surface area contributed by atoms with Crippen LogP contribution in [0.4, 0.5) is 0 Å². The molecule has 0 aliphatic carbocycles. The zero-order valence-electron chi connectivity index (χ0n) is 6.31. The minimum Gasteiger partial charge on any atom is -0.475 e. The summed E-state index contributed by atoms with van der Waals surface area (Å²) in [7, 11) is 0. The Morgan fingerprint density at radius 2 is 2.23 bits per heavy atom. The molecule has 2 rings (SSSR count). The summed E-state index contributed by atoms with van der Waals surface area (Å²) < 4.78 is 1.32. The summed E-state index contributed by atoms with van der Waals surface area (Å²) in [6.45, 7) is 0. The van der Waals surface area contributed by atoms with Crippen LogP contribution in [-0.2, 0) is 0 Å². The van der Waals surface area contributed by atoms with Crippen molar-refractivity contribution in [3.63, 3.8) is 0 Å². The molecular weight excluding hydrogens is 194 g/mol. The van der Waals surface area contributed by atoms with Crippen molar-refractivity contribution >= 4 is 23.2 Å². The summed E-state index contributed by atoms with van der Waals surface area (Å²) in [5.41, 5.74) is 0.460. The van der Waals surface area contributed by atoms with E-state index in [-0.39, 0.29) is 5.82 Å². The third-order valence-corrected chi connectivity index (χ3v) is 1.74. The third kappa shape index (κ3) is 1.23. The lowest BCUT2D eigenvalue weighted by Gasteiger charge is -1.95. The Morgan fingerprint density at radius 3 is 2.92 bits per heavy atom. The maximum atomic E-state index is 10.6. The zero-order valence-corrected chi connectivity index (χ0v) is 7.06. The summed E-state index contributed by atoms with van der Waals surface area (Å²) in [6, 6.07) is 0. The lowest BCUT2D eigenvalue weighted by atomic mass is 10.6. The first-order chi connectivity index (χ1) is 6.18. The van der Waals surface area contributed by atoms with E-state index in [9.17, 15) is 4.79 Å². The minimum absolute atomic E-state index is 0.0926. The van der Waals surface area contributed by atoms with Crippen molar-refractivity contribution in [3.8, 4) is 0 Å². The van der Waals surface area contributed by atoms with Gasteiger partial charge < -0.3 is 5.11 Å². The molecule has 13 heavy (non-hydrogen) atoms. The number of imidazole rings is 1. The van der Waals surface area contributed by atoms with Gasteiger partial charge in [0.15, 0.2) is 5.65 Å². The number of hydrogen-bond donors (Lipinski definition) is 1. The van der Waals surface area contributed by atoms with Gasteiger partial charge in [-0.3, -0.25) is 4.40 Å². The molecule has 0 aliphatic heterocycles. The number of fused-ring (bicyclic) bond motifs is 1. The number of halogens is 1. The van der Waals surface area contributed by atoms with Crippen LogP contribution < -0.4 is 0 Å². The quantitative estimate of drug-likeness (QED) is 0.743. The Morgan fingerprint density at radius 1 is 1.46 bits per heavy atom. The molecule has 0 radical (unpaired) electrons. The van der Waals surface area contributed by atoms with Gasteiger partial charge in [-0.25, -0.2) is 14.8 Å². The largest absolute Gasteiger partial charge is 0.475 e. The van der Waals surface area contributed by atoms with E-state index in [1.165, 1.54) is 23.0 Å². The molecule has 0 spiro atoms. The first kappa shape index (κ1) is 8.00. The molecule has 1 N–H and O–H groups in total. The number of hydrogen-bond acceptors (Lipinski definition) is 3. The highest BCUT2D eigenvalue weighted by Gasteiger charge is 2.11. The SMILES string of the molecule is O=C(O)c1ncc2ncc(Cl)cn12. The second-order valence-corrected chi connectivity index (χ2v) is 2.82. The van der Waals surface area contributed by atoms with Crippen molar-refractivity contribution in [1.82, 2.24) is 14.4 Å². The van der Waals surface area contributed by atoms with Gasteiger partial charge >= 0.3 is 5.97 Å². The normalized spacial score (nSPS) is 10.5. The van der Waals surface area contributed by atoms with Crippen LogP contribution in [-0.4, -0.2) is 25.4 Å². The van der Waals surface area contributed by atoms with Crippen molar-refractivity contribution < 1.29 is 9.90 Å². The minimum atomic E-state index is -1.11. The van der Waals surface area contributed by atoms with Gasteiger partial charge in [0.25, 0.3) is 0 Å². The number of aromatic carboxylic acids is 1. The molecule has 0 bridgehead atoms. The number of rotatable bonds is 1. The van der Waals surface area contributed by atoms with Crippen LogP contribution >= 0.6 is 11.6 Å². The highest BCUT2D eigenvalue weighted by atomic mass is 35.5. The van der Waals surface area contributed by atoms with Crippen LogP contribution in [0.1, 0.15) is 10.6 Å². The highest BCUT2D eigenvalue weighted by molar-refractivity contribution is 6.30. The van der Waals surface area contributed by atoms with Crippen molar-refractivity contribution in [2.24, 2.45) is 0 Å². The fourth-order valence-corrected chi connectivity index (χ4v) is 1.16. The predicted octanol–water partition coefficient (Wildman–Crippen LogP) is 1.08. The monoisotopic (exact) mass is 197 g/mol.